The molecule has 25 heavy (non-hydrogen) atoms. The summed E-state index contributed by atoms with van der Waals surface area (Å²) < 4.78 is 18.7. The highest BCUT2D eigenvalue weighted by molar-refractivity contribution is 5.90. The van der Waals surface area contributed by atoms with Gasteiger partial charge in [0, 0.05) is 30.9 Å². The number of anilines is 1. The summed E-state index contributed by atoms with van der Waals surface area (Å²) in [6.07, 6.45) is 4.78. The molecule has 1 N–H and O–H groups in total. The summed E-state index contributed by atoms with van der Waals surface area (Å²) in [6.45, 7) is 2.92. The second-order valence-electron chi connectivity index (χ2n) is 5.98. The lowest BCUT2D eigenvalue weighted by atomic mass is 9.96. The molecule has 0 unspecified atom stereocenters. The van der Waals surface area contributed by atoms with Gasteiger partial charge in [0.15, 0.2) is 0 Å². The average Bonchev–Trinajstić information content (AvgIpc) is 2.63. The number of hydrogen-bond acceptors (Lipinski definition) is 5. The molecule has 2 aromatic rings. The molecule has 0 radical (unpaired) electrons. The third-order valence-electron chi connectivity index (χ3n) is 4.23. The van der Waals surface area contributed by atoms with Crippen LogP contribution in [0.5, 0.6) is 5.75 Å². The van der Waals surface area contributed by atoms with Crippen molar-refractivity contribution in [2.45, 2.75) is 12.8 Å². The fourth-order valence-corrected chi connectivity index (χ4v) is 2.84. The van der Waals surface area contributed by atoms with Crippen molar-refractivity contribution in [2.75, 3.05) is 31.6 Å². The zero-order valence-electron chi connectivity index (χ0n) is 13.9. The second kappa shape index (κ2) is 8.53. The molecular formula is C18H21FN4O2. The summed E-state index contributed by atoms with van der Waals surface area (Å²) in [6, 6.07) is 7.85. The molecule has 2 heterocycles. The van der Waals surface area contributed by atoms with E-state index in [0.717, 1.165) is 32.5 Å². The van der Waals surface area contributed by atoms with Gasteiger partial charge in [0.05, 0.1) is 0 Å². The Balaban J connectivity index is 1.37. The van der Waals surface area contributed by atoms with Gasteiger partial charge in [-0.3, -0.25) is 15.0 Å². The number of carbonyl (C=O) groups is 1. The van der Waals surface area contributed by atoms with Crippen molar-refractivity contribution in [3.8, 4) is 5.75 Å². The van der Waals surface area contributed by atoms with Gasteiger partial charge in [-0.05, 0) is 44.1 Å². The van der Waals surface area contributed by atoms with Crippen molar-refractivity contribution < 1.29 is 13.9 Å². The molecule has 0 saturated carbocycles. The molecule has 1 aromatic heterocycles. The highest BCUT2D eigenvalue weighted by Gasteiger charge is 2.25. The number of nitrogens with zero attached hydrogens (tertiary/aromatic N) is 3. The van der Waals surface area contributed by atoms with Crippen LogP contribution in [0, 0.1) is 11.7 Å². The van der Waals surface area contributed by atoms with E-state index in [1.807, 2.05) is 0 Å². The first kappa shape index (κ1) is 17.3. The van der Waals surface area contributed by atoms with Crippen molar-refractivity contribution in [1.82, 2.24) is 14.9 Å². The predicted molar refractivity (Wildman–Crippen MR) is 91.7 cm³/mol. The number of likely N-dealkylation sites (tertiary alicyclic amines) is 1. The van der Waals surface area contributed by atoms with Crippen molar-refractivity contribution in [1.29, 1.82) is 0 Å². The first-order valence-corrected chi connectivity index (χ1v) is 8.39. The van der Waals surface area contributed by atoms with E-state index in [4.69, 9.17) is 4.74 Å². The number of carbonyl (C=O) groups excluding carboxylic acids is 1. The summed E-state index contributed by atoms with van der Waals surface area (Å²) >= 11 is 0. The Hall–Kier alpha value is -2.54. The molecule has 3 rings (SSSR count). The molecule has 1 aliphatic rings. The topological polar surface area (TPSA) is 67.4 Å². The van der Waals surface area contributed by atoms with E-state index in [9.17, 15) is 9.18 Å². The smallest absolute Gasteiger partial charge is 0.229 e. The van der Waals surface area contributed by atoms with Crippen molar-refractivity contribution in [2.24, 2.45) is 5.92 Å². The number of benzene rings is 1. The number of ether oxygens (including phenoxy) is 1. The molecule has 0 spiro atoms. The molecule has 1 aliphatic heterocycles. The molecule has 6 nitrogen and oxygen atoms in total. The Morgan fingerprint density at radius 2 is 2.00 bits per heavy atom. The number of nitrogens with one attached hydrogen (secondary N) is 1. The maximum atomic E-state index is 13.1. The maximum Gasteiger partial charge on any atom is 0.229 e. The minimum Gasteiger partial charge on any atom is -0.492 e. The summed E-state index contributed by atoms with van der Waals surface area (Å²) in [4.78, 5) is 22.5. The van der Waals surface area contributed by atoms with E-state index in [2.05, 4.69) is 20.2 Å². The van der Waals surface area contributed by atoms with E-state index in [0.29, 0.717) is 18.3 Å². The van der Waals surface area contributed by atoms with Crippen molar-refractivity contribution >= 4 is 11.9 Å². The number of aromatic nitrogens is 2. The first-order chi connectivity index (χ1) is 12.2. The average molecular weight is 344 g/mol. The number of halogens is 1. The number of rotatable bonds is 6. The van der Waals surface area contributed by atoms with Crippen LogP contribution in [0.3, 0.4) is 0 Å². The van der Waals surface area contributed by atoms with Crippen LogP contribution in [0.2, 0.25) is 0 Å². The highest BCUT2D eigenvalue weighted by atomic mass is 19.1. The third-order valence-corrected chi connectivity index (χ3v) is 4.23. The summed E-state index contributed by atoms with van der Waals surface area (Å²) in [5, 5.41) is 2.76. The van der Waals surface area contributed by atoms with Gasteiger partial charge in [-0.15, -0.1) is 0 Å². The molecule has 1 saturated heterocycles. The van der Waals surface area contributed by atoms with Gasteiger partial charge < -0.3 is 4.74 Å². The Morgan fingerprint density at radius 3 is 2.72 bits per heavy atom. The van der Waals surface area contributed by atoms with Gasteiger partial charge in [-0.1, -0.05) is 6.07 Å². The monoisotopic (exact) mass is 344 g/mol. The van der Waals surface area contributed by atoms with Gasteiger partial charge in [0.2, 0.25) is 11.9 Å². The van der Waals surface area contributed by atoms with Gasteiger partial charge in [-0.2, -0.15) is 0 Å². The maximum absolute atomic E-state index is 13.1. The van der Waals surface area contributed by atoms with Gasteiger partial charge in [0.25, 0.3) is 0 Å². The normalized spacial score (nSPS) is 15.7. The van der Waals surface area contributed by atoms with Crippen LogP contribution in [0.15, 0.2) is 42.7 Å². The lowest BCUT2D eigenvalue weighted by Crippen LogP contribution is -2.40. The zero-order valence-corrected chi connectivity index (χ0v) is 13.9. The molecule has 132 valence electrons. The molecule has 0 bridgehead atoms. The standard InChI is InChI=1S/C18H21FN4O2/c19-15-3-1-4-16(13-15)25-12-11-23-9-5-14(6-10-23)17(24)22-18-20-7-2-8-21-18/h1-4,7-8,13-14H,5-6,9-12H2,(H,20,21,22,24). The molecular weight excluding hydrogens is 323 g/mol. The molecule has 1 aromatic carbocycles. The van der Waals surface area contributed by atoms with Crippen LogP contribution >= 0.6 is 0 Å². The Labute approximate surface area is 146 Å². The Bertz CT molecular complexity index is 690. The second-order valence-corrected chi connectivity index (χ2v) is 5.98. The summed E-state index contributed by atoms with van der Waals surface area (Å²) in [7, 11) is 0. The van der Waals surface area contributed by atoms with E-state index in [-0.39, 0.29) is 17.6 Å². The number of piperidine rings is 1. The molecule has 0 aliphatic carbocycles. The van der Waals surface area contributed by atoms with Crippen LogP contribution < -0.4 is 10.1 Å². The van der Waals surface area contributed by atoms with Crippen LogP contribution in [0.1, 0.15) is 12.8 Å². The molecule has 1 fully saturated rings. The minimum atomic E-state index is -0.299. The van der Waals surface area contributed by atoms with Crippen molar-refractivity contribution in [3.05, 3.63) is 48.5 Å². The van der Waals surface area contributed by atoms with Gasteiger partial charge in [-0.25, -0.2) is 14.4 Å². The Morgan fingerprint density at radius 1 is 1.24 bits per heavy atom. The molecule has 7 heteroatoms. The molecule has 0 atom stereocenters. The first-order valence-electron chi connectivity index (χ1n) is 8.39. The third kappa shape index (κ3) is 5.22. The fourth-order valence-electron chi connectivity index (χ4n) is 2.84. The van der Waals surface area contributed by atoms with E-state index < -0.39 is 0 Å². The van der Waals surface area contributed by atoms with Crippen LogP contribution in [0.4, 0.5) is 10.3 Å². The SMILES string of the molecule is O=C(Nc1ncccn1)C1CCN(CCOc2cccc(F)c2)CC1. The zero-order chi connectivity index (χ0) is 17.5. The molecule has 1 amide bonds. The van der Waals surface area contributed by atoms with Gasteiger partial charge in [0.1, 0.15) is 18.2 Å². The van der Waals surface area contributed by atoms with E-state index in [1.165, 1.54) is 12.1 Å². The highest BCUT2D eigenvalue weighted by Crippen LogP contribution is 2.19. The number of amides is 1. The lowest BCUT2D eigenvalue weighted by molar-refractivity contribution is -0.121. The van der Waals surface area contributed by atoms with E-state index >= 15 is 0 Å². The van der Waals surface area contributed by atoms with Gasteiger partial charge >= 0.3 is 0 Å². The van der Waals surface area contributed by atoms with Crippen molar-refractivity contribution in [3.63, 3.8) is 0 Å². The quantitative estimate of drug-likeness (QED) is 0.871. The van der Waals surface area contributed by atoms with Crippen LogP contribution in [-0.2, 0) is 4.79 Å². The fraction of sp³-hybridized carbons (Fsp3) is 0.389. The lowest BCUT2D eigenvalue weighted by Gasteiger charge is -2.30. The largest absolute Gasteiger partial charge is 0.492 e. The predicted octanol–water partition coefficient (Wildman–Crippen LogP) is 2.35. The minimum absolute atomic E-state index is 0.0239. The van der Waals surface area contributed by atoms with Crippen LogP contribution in [0.25, 0.3) is 0 Å². The van der Waals surface area contributed by atoms with Crippen LogP contribution in [-0.4, -0.2) is 47.0 Å². The van der Waals surface area contributed by atoms with E-state index in [1.54, 1.807) is 30.6 Å². The summed E-state index contributed by atoms with van der Waals surface area (Å²) in [5.74, 6) is 0.535. The summed E-state index contributed by atoms with van der Waals surface area (Å²) in [5.41, 5.74) is 0. The number of hydrogen-bond donors (Lipinski definition) is 1. The Kier molecular flexibility index (Phi) is 5.90.